The Balaban J connectivity index is 1.81. The number of aromatic hydroxyl groups is 1. The number of aryl methyl sites for hydroxylation is 1. The molecule has 0 heterocycles. The van der Waals surface area contributed by atoms with Crippen LogP contribution < -0.4 is 14.8 Å². The molecule has 3 rings (SSSR count). The largest absolute Gasteiger partial charge is 0.508 e. The number of carbonyl (C=O) groups excluding carboxylic acids is 1. The van der Waals surface area contributed by atoms with Crippen LogP contribution in [0.25, 0.3) is 0 Å². The maximum atomic E-state index is 12.7. The average Bonchev–Trinajstić information content (AvgIpc) is 2.68. The summed E-state index contributed by atoms with van der Waals surface area (Å²) in [7, 11) is 0. The second kappa shape index (κ2) is 9.65. The maximum Gasteiger partial charge on any atom is 0.255 e. The van der Waals surface area contributed by atoms with E-state index >= 15 is 0 Å². The van der Waals surface area contributed by atoms with Gasteiger partial charge in [0.15, 0.2) is 11.5 Å². The SMILES string of the molecule is CCOc1cc(C(=O)Nc2cccc(O)c2)cc(I)c1OCc1ccc(C)cc1. The molecule has 1 amide bonds. The van der Waals surface area contributed by atoms with Crippen LogP contribution in [0, 0.1) is 10.5 Å². The molecular weight excluding hydrogens is 481 g/mol. The van der Waals surface area contributed by atoms with Gasteiger partial charge in [0, 0.05) is 17.3 Å². The topological polar surface area (TPSA) is 67.8 Å². The Labute approximate surface area is 183 Å². The van der Waals surface area contributed by atoms with E-state index in [2.05, 4.69) is 27.9 Å². The maximum absolute atomic E-state index is 12.7. The van der Waals surface area contributed by atoms with Crippen molar-refractivity contribution in [3.63, 3.8) is 0 Å². The van der Waals surface area contributed by atoms with Gasteiger partial charge in [-0.2, -0.15) is 0 Å². The van der Waals surface area contributed by atoms with Gasteiger partial charge in [-0.15, -0.1) is 0 Å². The molecule has 0 spiro atoms. The van der Waals surface area contributed by atoms with Crippen LogP contribution >= 0.6 is 22.6 Å². The first-order valence-corrected chi connectivity index (χ1v) is 10.3. The van der Waals surface area contributed by atoms with Crippen molar-refractivity contribution in [3.05, 3.63) is 80.9 Å². The van der Waals surface area contributed by atoms with Crippen molar-refractivity contribution < 1.29 is 19.4 Å². The summed E-state index contributed by atoms with van der Waals surface area (Å²) in [5, 5.41) is 12.3. The van der Waals surface area contributed by atoms with E-state index in [4.69, 9.17) is 9.47 Å². The Morgan fingerprint density at radius 2 is 1.83 bits per heavy atom. The first kappa shape index (κ1) is 21.0. The summed E-state index contributed by atoms with van der Waals surface area (Å²) in [5.74, 6) is 0.932. The molecule has 150 valence electrons. The molecule has 5 nitrogen and oxygen atoms in total. The second-order valence-corrected chi connectivity index (χ2v) is 7.66. The minimum atomic E-state index is -0.292. The van der Waals surface area contributed by atoms with Crippen LogP contribution in [0.3, 0.4) is 0 Å². The standard InChI is InChI=1S/C23H22INO4/c1-3-28-21-12-17(23(27)25-18-5-4-6-19(26)13-18)11-20(24)22(21)29-14-16-9-7-15(2)8-10-16/h4-13,26H,3,14H2,1-2H3,(H,25,27). The summed E-state index contributed by atoms with van der Waals surface area (Å²) in [5.41, 5.74) is 3.21. The van der Waals surface area contributed by atoms with Crippen molar-refractivity contribution in [2.45, 2.75) is 20.5 Å². The van der Waals surface area contributed by atoms with E-state index in [0.717, 1.165) is 9.13 Å². The predicted octanol–water partition coefficient (Wildman–Crippen LogP) is 5.54. The third kappa shape index (κ3) is 5.63. The molecule has 3 aromatic carbocycles. The van der Waals surface area contributed by atoms with Crippen LogP contribution in [0.5, 0.6) is 17.2 Å². The quantitative estimate of drug-likeness (QED) is 0.416. The minimum Gasteiger partial charge on any atom is -0.508 e. The van der Waals surface area contributed by atoms with E-state index in [1.165, 1.54) is 11.6 Å². The molecule has 0 unspecified atom stereocenters. The van der Waals surface area contributed by atoms with Crippen LogP contribution in [0.2, 0.25) is 0 Å². The summed E-state index contributed by atoms with van der Waals surface area (Å²) >= 11 is 2.14. The molecule has 0 saturated carbocycles. The molecule has 0 radical (unpaired) electrons. The summed E-state index contributed by atoms with van der Waals surface area (Å²) < 4.78 is 12.5. The zero-order chi connectivity index (χ0) is 20.8. The lowest BCUT2D eigenvalue weighted by atomic mass is 10.1. The van der Waals surface area contributed by atoms with Gasteiger partial charge >= 0.3 is 0 Å². The fraction of sp³-hybridized carbons (Fsp3) is 0.174. The molecule has 6 heteroatoms. The first-order chi connectivity index (χ1) is 14.0. The van der Waals surface area contributed by atoms with E-state index in [1.54, 1.807) is 30.3 Å². The molecule has 0 bridgehead atoms. The van der Waals surface area contributed by atoms with Crippen molar-refractivity contribution in [3.8, 4) is 17.2 Å². The highest BCUT2D eigenvalue weighted by Crippen LogP contribution is 2.35. The Hall–Kier alpha value is -2.74. The van der Waals surface area contributed by atoms with Crippen molar-refractivity contribution in [2.24, 2.45) is 0 Å². The number of halogens is 1. The molecule has 0 aliphatic rings. The number of anilines is 1. The molecular formula is C23H22INO4. The molecule has 0 aliphatic carbocycles. The average molecular weight is 503 g/mol. The summed E-state index contributed by atoms with van der Waals surface area (Å²) in [6.45, 7) is 4.79. The normalized spacial score (nSPS) is 10.4. The predicted molar refractivity (Wildman–Crippen MR) is 122 cm³/mol. The lowest BCUT2D eigenvalue weighted by molar-refractivity contribution is 0.102. The smallest absolute Gasteiger partial charge is 0.255 e. The van der Waals surface area contributed by atoms with Crippen LogP contribution in [-0.2, 0) is 6.61 Å². The zero-order valence-corrected chi connectivity index (χ0v) is 18.4. The number of phenolic OH excluding ortho intramolecular Hbond substituents is 1. The van der Waals surface area contributed by atoms with Crippen molar-refractivity contribution in [1.82, 2.24) is 0 Å². The number of hydrogen-bond acceptors (Lipinski definition) is 4. The fourth-order valence-corrected chi connectivity index (χ4v) is 3.49. The van der Waals surface area contributed by atoms with Gasteiger partial charge in [0.25, 0.3) is 5.91 Å². The number of benzene rings is 3. The number of nitrogens with one attached hydrogen (secondary N) is 1. The molecule has 0 atom stereocenters. The van der Waals surface area contributed by atoms with E-state index < -0.39 is 0 Å². The van der Waals surface area contributed by atoms with Crippen molar-refractivity contribution in [1.29, 1.82) is 0 Å². The number of amides is 1. The van der Waals surface area contributed by atoms with Gasteiger partial charge in [-0.1, -0.05) is 35.9 Å². The monoisotopic (exact) mass is 503 g/mol. The van der Waals surface area contributed by atoms with Gasteiger partial charge in [0.05, 0.1) is 10.2 Å². The van der Waals surface area contributed by atoms with Crippen LogP contribution in [0.15, 0.2) is 60.7 Å². The van der Waals surface area contributed by atoms with Gasteiger partial charge in [0.2, 0.25) is 0 Å². The summed E-state index contributed by atoms with van der Waals surface area (Å²) in [6, 6.07) is 18.0. The zero-order valence-electron chi connectivity index (χ0n) is 16.2. The van der Waals surface area contributed by atoms with E-state index in [-0.39, 0.29) is 11.7 Å². The molecule has 0 saturated heterocycles. The third-order valence-corrected chi connectivity index (χ3v) is 4.98. The van der Waals surface area contributed by atoms with Gasteiger partial charge in [0.1, 0.15) is 12.4 Å². The van der Waals surface area contributed by atoms with E-state index in [9.17, 15) is 9.90 Å². The Morgan fingerprint density at radius 3 is 2.52 bits per heavy atom. The summed E-state index contributed by atoms with van der Waals surface area (Å²) in [4.78, 5) is 12.7. The summed E-state index contributed by atoms with van der Waals surface area (Å²) in [6.07, 6.45) is 0. The number of ether oxygens (including phenoxy) is 2. The van der Waals surface area contributed by atoms with Crippen LogP contribution in [0.4, 0.5) is 5.69 Å². The molecule has 2 N–H and O–H groups in total. The molecule has 0 aromatic heterocycles. The lowest BCUT2D eigenvalue weighted by Crippen LogP contribution is -2.13. The third-order valence-electron chi connectivity index (χ3n) is 4.18. The fourth-order valence-electron chi connectivity index (χ4n) is 2.73. The highest BCUT2D eigenvalue weighted by Gasteiger charge is 2.16. The van der Waals surface area contributed by atoms with Crippen molar-refractivity contribution >= 4 is 34.2 Å². The number of rotatable bonds is 7. The van der Waals surface area contributed by atoms with Crippen molar-refractivity contribution in [2.75, 3.05) is 11.9 Å². The number of hydrogen-bond donors (Lipinski definition) is 2. The van der Waals surface area contributed by atoms with E-state index in [0.29, 0.717) is 36.0 Å². The van der Waals surface area contributed by atoms with Crippen LogP contribution in [-0.4, -0.2) is 17.6 Å². The van der Waals surface area contributed by atoms with E-state index in [1.807, 2.05) is 38.1 Å². The second-order valence-electron chi connectivity index (χ2n) is 6.50. The highest BCUT2D eigenvalue weighted by atomic mass is 127. The Morgan fingerprint density at radius 1 is 1.07 bits per heavy atom. The van der Waals surface area contributed by atoms with Crippen LogP contribution in [0.1, 0.15) is 28.4 Å². The number of phenols is 1. The highest BCUT2D eigenvalue weighted by molar-refractivity contribution is 14.1. The molecule has 3 aromatic rings. The van der Waals surface area contributed by atoms with Gasteiger partial charge < -0.3 is 19.9 Å². The molecule has 29 heavy (non-hydrogen) atoms. The molecule has 0 fully saturated rings. The van der Waals surface area contributed by atoms with Gasteiger partial charge in [-0.05, 0) is 66.3 Å². The Kier molecular flexibility index (Phi) is 6.98. The Bertz CT molecular complexity index is 1000. The number of carbonyl (C=O) groups is 1. The lowest BCUT2D eigenvalue weighted by Gasteiger charge is -2.16. The van der Waals surface area contributed by atoms with Gasteiger partial charge in [-0.25, -0.2) is 0 Å². The molecule has 0 aliphatic heterocycles. The minimum absolute atomic E-state index is 0.0900. The van der Waals surface area contributed by atoms with Gasteiger partial charge in [-0.3, -0.25) is 4.79 Å². The first-order valence-electron chi connectivity index (χ1n) is 9.21.